The van der Waals surface area contributed by atoms with Gasteiger partial charge in [0.05, 0.1) is 23.4 Å². The molecular weight excluding hydrogens is 362 g/mol. The Morgan fingerprint density at radius 3 is 2.83 bits per heavy atom. The van der Waals surface area contributed by atoms with Crippen molar-refractivity contribution in [3.8, 4) is 6.07 Å². The number of nitrogens with two attached hydrogens (primary N) is 1. The number of hydrogen-bond donors (Lipinski definition) is 2. The van der Waals surface area contributed by atoms with E-state index >= 15 is 0 Å². The summed E-state index contributed by atoms with van der Waals surface area (Å²) in [6.07, 6.45) is 2.85. The molecule has 29 heavy (non-hydrogen) atoms. The number of nitrogens with zero attached hydrogens (tertiary/aromatic N) is 5. The fraction of sp³-hybridized carbons (Fsp3) is 0.364. The highest BCUT2D eigenvalue weighted by molar-refractivity contribution is 5.94. The maximum Gasteiger partial charge on any atom is 0.157 e. The number of aromatic nitrogens is 3. The number of nitrogens with one attached hydrogen (secondary N) is 1. The molecule has 3 aromatic rings. The van der Waals surface area contributed by atoms with E-state index in [-0.39, 0.29) is 12.1 Å². The highest BCUT2D eigenvalue weighted by Crippen LogP contribution is 2.30. The molecule has 1 aliphatic heterocycles. The van der Waals surface area contributed by atoms with Gasteiger partial charge < -0.3 is 16.0 Å². The zero-order valence-corrected chi connectivity index (χ0v) is 17.0. The van der Waals surface area contributed by atoms with Gasteiger partial charge in [0, 0.05) is 36.1 Å². The first-order valence-corrected chi connectivity index (χ1v) is 9.87. The van der Waals surface area contributed by atoms with Crippen LogP contribution in [0, 0.1) is 25.2 Å². The average molecular weight is 387 g/mol. The largest absolute Gasteiger partial charge is 0.362 e. The Bertz CT molecular complexity index is 1100. The first-order valence-electron chi connectivity index (χ1n) is 9.87. The molecule has 1 aliphatic rings. The molecule has 2 aromatic heterocycles. The lowest BCUT2D eigenvalue weighted by atomic mass is 9.98. The second-order valence-corrected chi connectivity index (χ2v) is 7.71. The Morgan fingerprint density at radius 2 is 2.10 bits per heavy atom. The summed E-state index contributed by atoms with van der Waals surface area (Å²) < 4.78 is 0. The molecule has 3 N–H and O–H groups in total. The van der Waals surface area contributed by atoms with Gasteiger partial charge in [-0.25, -0.2) is 4.98 Å². The number of fused-ring (bicyclic) bond motifs is 1. The van der Waals surface area contributed by atoms with Crippen molar-refractivity contribution in [2.75, 3.05) is 23.3 Å². The number of nitriles is 1. The summed E-state index contributed by atoms with van der Waals surface area (Å²) >= 11 is 0. The van der Waals surface area contributed by atoms with Gasteiger partial charge in [0.1, 0.15) is 5.82 Å². The predicted octanol–water partition coefficient (Wildman–Crippen LogP) is 3.22. The van der Waals surface area contributed by atoms with Crippen molar-refractivity contribution in [1.29, 1.82) is 5.26 Å². The zero-order chi connectivity index (χ0) is 20.5. The first kappa shape index (κ1) is 19.1. The summed E-state index contributed by atoms with van der Waals surface area (Å²) in [5.41, 5.74) is 9.65. The SMILES string of the molecule is Cc1c(C#N)cccc1[C@@H](C)Nc1nnc(C)c2cnc(N3CC[C@H](N)C3)cc12. The minimum absolute atomic E-state index is 0.0275. The Hall–Kier alpha value is -3.24. The molecule has 4 rings (SSSR count). The van der Waals surface area contributed by atoms with E-state index in [9.17, 15) is 5.26 Å². The van der Waals surface area contributed by atoms with E-state index in [4.69, 9.17) is 5.73 Å². The lowest BCUT2D eigenvalue weighted by Gasteiger charge is -2.20. The van der Waals surface area contributed by atoms with Crippen LogP contribution in [-0.4, -0.2) is 34.3 Å². The summed E-state index contributed by atoms with van der Waals surface area (Å²) in [6, 6.07) is 10.3. The molecule has 1 fully saturated rings. The molecule has 7 heteroatoms. The van der Waals surface area contributed by atoms with Gasteiger partial charge in [0.15, 0.2) is 5.82 Å². The monoisotopic (exact) mass is 387 g/mol. The third-order valence-electron chi connectivity index (χ3n) is 5.70. The topological polar surface area (TPSA) is 104 Å². The maximum absolute atomic E-state index is 9.33. The van der Waals surface area contributed by atoms with Crippen LogP contribution in [0.3, 0.4) is 0 Å². The quantitative estimate of drug-likeness (QED) is 0.708. The highest BCUT2D eigenvalue weighted by atomic mass is 15.2. The molecule has 0 radical (unpaired) electrons. The van der Waals surface area contributed by atoms with Gasteiger partial charge in [-0.15, -0.1) is 5.10 Å². The Labute approximate surface area is 170 Å². The predicted molar refractivity (Wildman–Crippen MR) is 115 cm³/mol. The van der Waals surface area contributed by atoms with Crippen molar-refractivity contribution in [3.05, 3.63) is 52.8 Å². The second-order valence-electron chi connectivity index (χ2n) is 7.71. The van der Waals surface area contributed by atoms with E-state index < -0.39 is 0 Å². The molecule has 3 heterocycles. The number of anilines is 2. The Kier molecular flexibility index (Phi) is 5.03. The summed E-state index contributed by atoms with van der Waals surface area (Å²) in [7, 11) is 0. The van der Waals surface area contributed by atoms with Crippen LogP contribution >= 0.6 is 0 Å². The summed E-state index contributed by atoms with van der Waals surface area (Å²) in [5, 5.41) is 23.5. The van der Waals surface area contributed by atoms with Crippen LogP contribution in [0.2, 0.25) is 0 Å². The normalized spacial score (nSPS) is 17.3. The van der Waals surface area contributed by atoms with E-state index in [1.165, 1.54) is 0 Å². The van der Waals surface area contributed by atoms with Gasteiger partial charge in [-0.1, -0.05) is 12.1 Å². The third-order valence-corrected chi connectivity index (χ3v) is 5.70. The fourth-order valence-corrected chi connectivity index (χ4v) is 3.96. The lowest BCUT2D eigenvalue weighted by Crippen LogP contribution is -2.26. The van der Waals surface area contributed by atoms with Gasteiger partial charge in [0.25, 0.3) is 0 Å². The molecule has 0 aliphatic carbocycles. The first-order chi connectivity index (χ1) is 14.0. The lowest BCUT2D eigenvalue weighted by molar-refractivity contribution is 0.751. The van der Waals surface area contributed by atoms with Crippen molar-refractivity contribution >= 4 is 22.4 Å². The maximum atomic E-state index is 9.33. The van der Waals surface area contributed by atoms with Crippen molar-refractivity contribution in [2.45, 2.75) is 39.3 Å². The Balaban J connectivity index is 1.72. The third kappa shape index (κ3) is 3.59. The molecular formula is C22H25N7. The van der Waals surface area contributed by atoms with Gasteiger partial charge >= 0.3 is 0 Å². The molecule has 0 bridgehead atoms. The van der Waals surface area contributed by atoms with E-state index in [0.717, 1.165) is 52.9 Å². The summed E-state index contributed by atoms with van der Waals surface area (Å²) in [6.45, 7) is 7.71. The molecule has 148 valence electrons. The number of aryl methyl sites for hydroxylation is 1. The van der Waals surface area contributed by atoms with E-state index in [1.54, 1.807) is 0 Å². The minimum Gasteiger partial charge on any atom is -0.362 e. The van der Waals surface area contributed by atoms with Gasteiger partial charge in [-0.05, 0) is 50.5 Å². The van der Waals surface area contributed by atoms with E-state index in [0.29, 0.717) is 11.4 Å². The minimum atomic E-state index is -0.0275. The fourth-order valence-electron chi connectivity index (χ4n) is 3.96. The van der Waals surface area contributed by atoms with Crippen molar-refractivity contribution in [2.24, 2.45) is 5.73 Å². The van der Waals surface area contributed by atoms with Crippen molar-refractivity contribution < 1.29 is 0 Å². The summed E-state index contributed by atoms with van der Waals surface area (Å²) in [5.74, 6) is 1.63. The van der Waals surface area contributed by atoms with Crippen LogP contribution in [0.4, 0.5) is 11.6 Å². The molecule has 1 aromatic carbocycles. The number of benzene rings is 1. The Morgan fingerprint density at radius 1 is 1.28 bits per heavy atom. The van der Waals surface area contributed by atoms with Crippen LogP contribution in [0.5, 0.6) is 0 Å². The van der Waals surface area contributed by atoms with Crippen LogP contribution < -0.4 is 16.0 Å². The highest BCUT2D eigenvalue weighted by Gasteiger charge is 2.21. The number of pyridine rings is 1. The molecule has 0 saturated carbocycles. The zero-order valence-electron chi connectivity index (χ0n) is 17.0. The van der Waals surface area contributed by atoms with Gasteiger partial charge in [0.2, 0.25) is 0 Å². The molecule has 0 spiro atoms. The van der Waals surface area contributed by atoms with Gasteiger partial charge in [-0.2, -0.15) is 10.4 Å². The summed E-state index contributed by atoms with van der Waals surface area (Å²) in [4.78, 5) is 6.85. The van der Waals surface area contributed by atoms with Crippen LogP contribution in [0.15, 0.2) is 30.5 Å². The average Bonchev–Trinajstić information content (AvgIpc) is 3.16. The number of rotatable bonds is 4. The van der Waals surface area contributed by atoms with E-state index in [1.807, 2.05) is 38.2 Å². The van der Waals surface area contributed by atoms with Crippen LogP contribution in [0.1, 0.15) is 41.8 Å². The van der Waals surface area contributed by atoms with Crippen molar-refractivity contribution in [1.82, 2.24) is 15.2 Å². The molecule has 2 atom stereocenters. The van der Waals surface area contributed by atoms with Crippen molar-refractivity contribution in [3.63, 3.8) is 0 Å². The molecule has 7 nitrogen and oxygen atoms in total. The smallest absolute Gasteiger partial charge is 0.157 e. The number of hydrogen-bond acceptors (Lipinski definition) is 7. The van der Waals surface area contributed by atoms with Crippen LogP contribution in [-0.2, 0) is 0 Å². The second kappa shape index (κ2) is 7.64. The van der Waals surface area contributed by atoms with E-state index in [2.05, 4.69) is 44.5 Å². The van der Waals surface area contributed by atoms with Gasteiger partial charge in [-0.3, -0.25) is 0 Å². The standard InChI is InChI=1S/C22H25N7/c1-13-16(10-23)5-4-6-18(13)14(2)26-22-19-9-21(29-8-7-17(24)12-29)25-11-20(19)15(3)27-28-22/h4-6,9,11,14,17H,7-8,12,24H2,1-3H3,(H,26,28)/t14-,17+/m1/s1. The molecule has 1 saturated heterocycles. The van der Waals surface area contributed by atoms with Crippen LogP contribution in [0.25, 0.3) is 10.8 Å². The molecule has 0 amide bonds. The molecule has 0 unspecified atom stereocenters.